The van der Waals surface area contributed by atoms with Crippen LogP contribution in [0.2, 0.25) is 0 Å². The molecule has 1 aliphatic carbocycles. The zero-order chi connectivity index (χ0) is 14.7. The first kappa shape index (κ1) is 13.7. The summed E-state index contributed by atoms with van der Waals surface area (Å²) in [6.45, 7) is 1.78. The van der Waals surface area contributed by atoms with Gasteiger partial charge in [0.25, 0.3) is 11.8 Å². The molecule has 2 heterocycles. The third kappa shape index (κ3) is 2.79. The van der Waals surface area contributed by atoms with E-state index in [0.29, 0.717) is 17.4 Å². The second kappa shape index (κ2) is 5.63. The molecule has 6 heteroatoms. The molecule has 0 radical (unpaired) electrons. The van der Waals surface area contributed by atoms with Crippen LogP contribution in [0.1, 0.15) is 54.3 Å². The number of carbonyl (C=O) groups is 1. The average molecular weight is 286 g/mol. The second-order valence-corrected chi connectivity index (χ2v) is 5.46. The lowest BCUT2D eigenvalue weighted by molar-refractivity contribution is 0.0819. The molecule has 1 aliphatic rings. The van der Waals surface area contributed by atoms with Crippen molar-refractivity contribution in [2.24, 2.45) is 0 Å². The maximum absolute atomic E-state index is 12.4. The smallest absolute Gasteiger partial charge is 0.270 e. The van der Waals surface area contributed by atoms with Crippen LogP contribution in [0.5, 0.6) is 0 Å². The summed E-state index contributed by atoms with van der Waals surface area (Å²) in [5, 5.41) is 6.94. The van der Waals surface area contributed by atoms with Crippen molar-refractivity contribution in [2.75, 3.05) is 0 Å². The number of rotatable bonds is 3. The molecular formula is C15H18N4O2. The van der Waals surface area contributed by atoms with Gasteiger partial charge in [0.05, 0.1) is 0 Å². The van der Waals surface area contributed by atoms with Crippen molar-refractivity contribution >= 4 is 5.91 Å². The normalized spacial score (nSPS) is 17.4. The van der Waals surface area contributed by atoms with E-state index in [1.165, 1.54) is 0 Å². The van der Waals surface area contributed by atoms with Gasteiger partial charge in [-0.15, -0.1) is 0 Å². The van der Waals surface area contributed by atoms with Crippen LogP contribution in [-0.2, 0) is 5.54 Å². The minimum Gasteiger partial charge on any atom is -0.337 e. The predicted octanol–water partition coefficient (Wildman–Crippen LogP) is 2.36. The molecule has 1 saturated carbocycles. The largest absolute Gasteiger partial charge is 0.337 e. The number of carbonyl (C=O) groups excluding carboxylic acids is 1. The van der Waals surface area contributed by atoms with Gasteiger partial charge in [-0.05, 0) is 31.9 Å². The van der Waals surface area contributed by atoms with Crippen LogP contribution >= 0.6 is 0 Å². The van der Waals surface area contributed by atoms with Crippen LogP contribution in [-0.4, -0.2) is 21.0 Å². The molecule has 0 spiro atoms. The summed E-state index contributed by atoms with van der Waals surface area (Å²) >= 11 is 0. The fraction of sp³-hybridized carbons (Fsp3) is 0.467. The van der Waals surface area contributed by atoms with E-state index in [4.69, 9.17) is 4.52 Å². The van der Waals surface area contributed by atoms with Gasteiger partial charge < -0.3 is 9.84 Å². The van der Waals surface area contributed by atoms with E-state index >= 15 is 0 Å². The molecule has 0 atom stereocenters. The fourth-order valence-corrected chi connectivity index (χ4v) is 2.82. The summed E-state index contributed by atoms with van der Waals surface area (Å²) in [7, 11) is 0. The van der Waals surface area contributed by atoms with Gasteiger partial charge in [-0.3, -0.25) is 9.78 Å². The quantitative estimate of drug-likeness (QED) is 0.936. The van der Waals surface area contributed by atoms with Crippen molar-refractivity contribution in [2.45, 2.75) is 44.6 Å². The van der Waals surface area contributed by atoms with Crippen molar-refractivity contribution in [1.82, 2.24) is 20.4 Å². The maximum Gasteiger partial charge on any atom is 0.270 e. The first-order valence-corrected chi connectivity index (χ1v) is 7.24. The van der Waals surface area contributed by atoms with Gasteiger partial charge in [-0.1, -0.05) is 30.5 Å². The van der Waals surface area contributed by atoms with E-state index in [-0.39, 0.29) is 5.91 Å². The number of hydrogen-bond acceptors (Lipinski definition) is 5. The Labute approximate surface area is 123 Å². The fourth-order valence-electron chi connectivity index (χ4n) is 2.82. The van der Waals surface area contributed by atoms with Crippen molar-refractivity contribution < 1.29 is 9.32 Å². The first-order chi connectivity index (χ1) is 10.2. The predicted molar refractivity (Wildman–Crippen MR) is 75.5 cm³/mol. The summed E-state index contributed by atoms with van der Waals surface area (Å²) < 4.78 is 5.35. The molecule has 0 bridgehead atoms. The number of amides is 1. The topological polar surface area (TPSA) is 80.9 Å². The highest BCUT2D eigenvalue weighted by molar-refractivity contribution is 5.92. The molecule has 2 aromatic heterocycles. The van der Waals surface area contributed by atoms with Gasteiger partial charge in [0, 0.05) is 6.20 Å². The maximum atomic E-state index is 12.4. The second-order valence-electron chi connectivity index (χ2n) is 5.46. The number of nitrogens with zero attached hydrogens (tertiary/aromatic N) is 3. The number of nitrogens with one attached hydrogen (secondary N) is 1. The Morgan fingerprint density at radius 2 is 2.10 bits per heavy atom. The molecule has 0 unspecified atom stereocenters. The first-order valence-electron chi connectivity index (χ1n) is 7.24. The summed E-state index contributed by atoms with van der Waals surface area (Å²) in [4.78, 5) is 20.9. The zero-order valence-corrected chi connectivity index (χ0v) is 12.0. The van der Waals surface area contributed by atoms with Gasteiger partial charge in [-0.2, -0.15) is 4.98 Å². The number of pyridine rings is 1. The molecule has 1 amide bonds. The number of aromatic nitrogens is 3. The average Bonchev–Trinajstić information content (AvgIpc) is 2.96. The molecule has 21 heavy (non-hydrogen) atoms. The van der Waals surface area contributed by atoms with Gasteiger partial charge in [-0.25, -0.2) is 0 Å². The third-order valence-corrected chi connectivity index (χ3v) is 3.89. The van der Waals surface area contributed by atoms with Crippen molar-refractivity contribution in [3.05, 3.63) is 41.8 Å². The molecule has 0 aliphatic heterocycles. The Bertz CT molecular complexity index is 618. The monoisotopic (exact) mass is 286 g/mol. The van der Waals surface area contributed by atoms with Gasteiger partial charge in [0.2, 0.25) is 0 Å². The Kier molecular flexibility index (Phi) is 3.68. The lowest BCUT2D eigenvalue weighted by Crippen LogP contribution is -2.47. The summed E-state index contributed by atoms with van der Waals surface area (Å²) in [6, 6.07) is 5.28. The van der Waals surface area contributed by atoms with Gasteiger partial charge in [0.15, 0.2) is 5.82 Å². The van der Waals surface area contributed by atoms with E-state index in [2.05, 4.69) is 20.4 Å². The summed E-state index contributed by atoms with van der Waals surface area (Å²) in [5.74, 6) is 0.888. The SMILES string of the molecule is Cc1noc(C2(NC(=O)c3ccccn3)CCCCC2)n1. The summed E-state index contributed by atoms with van der Waals surface area (Å²) in [5.41, 5.74) is -0.160. The minimum absolute atomic E-state index is 0.201. The Morgan fingerprint density at radius 1 is 1.29 bits per heavy atom. The van der Waals surface area contributed by atoms with E-state index in [9.17, 15) is 4.79 Å². The molecule has 2 aromatic rings. The van der Waals surface area contributed by atoms with E-state index in [1.807, 2.05) is 0 Å². The Morgan fingerprint density at radius 3 is 2.71 bits per heavy atom. The molecular weight excluding hydrogens is 268 g/mol. The van der Waals surface area contributed by atoms with Crippen LogP contribution in [0, 0.1) is 6.92 Å². The number of hydrogen-bond donors (Lipinski definition) is 1. The zero-order valence-electron chi connectivity index (χ0n) is 12.0. The highest BCUT2D eigenvalue weighted by Crippen LogP contribution is 2.36. The molecule has 0 saturated heterocycles. The molecule has 1 fully saturated rings. The molecule has 3 rings (SSSR count). The van der Waals surface area contributed by atoms with E-state index < -0.39 is 5.54 Å². The number of aryl methyl sites for hydroxylation is 1. The molecule has 1 N–H and O–H groups in total. The van der Waals surface area contributed by atoms with Crippen LogP contribution in [0.25, 0.3) is 0 Å². The minimum atomic E-state index is -0.561. The molecule has 6 nitrogen and oxygen atoms in total. The third-order valence-electron chi connectivity index (χ3n) is 3.89. The van der Waals surface area contributed by atoms with Crippen LogP contribution in [0.3, 0.4) is 0 Å². The Balaban J connectivity index is 1.88. The Hall–Kier alpha value is -2.24. The van der Waals surface area contributed by atoms with Crippen molar-refractivity contribution in [3.63, 3.8) is 0 Å². The standard InChI is InChI=1S/C15H18N4O2/c1-11-17-14(21-19-11)15(8-4-2-5-9-15)18-13(20)12-7-3-6-10-16-12/h3,6-7,10H,2,4-5,8-9H2,1H3,(H,18,20). The van der Waals surface area contributed by atoms with Crippen LogP contribution < -0.4 is 5.32 Å². The van der Waals surface area contributed by atoms with Crippen LogP contribution in [0.15, 0.2) is 28.9 Å². The summed E-state index contributed by atoms with van der Waals surface area (Å²) in [6.07, 6.45) is 6.46. The lowest BCUT2D eigenvalue weighted by Gasteiger charge is -2.34. The highest BCUT2D eigenvalue weighted by Gasteiger charge is 2.40. The van der Waals surface area contributed by atoms with E-state index in [0.717, 1.165) is 32.1 Å². The molecule has 110 valence electrons. The van der Waals surface area contributed by atoms with E-state index in [1.54, 1.807) is 31.3 Å². The van der Waals surface area contributed by atoms with Gasteiger partial charge in [0.1, 0.15) is 11.2 Å². The molecule has 0 aromatic carbocycles. The lowest BCUT2D eigenvalue weighted by atomic mass is 9.81. The van der Waals surface area contributed by atoms with Crippen molar-refractivity contribution in [3.8, 4) is 0 Å². The van der Waals surface area contributed by atoms with Gasteiger partial charge >= 0.3 is 0 Å². The highest BCUT2D eigenvalue weighted by atomic mass is 16.5. The van der Waals surface area contributed by atoms with Crippen LogP contribution in [0.4, 0.5) is 0 Å². The van der Waals surface area contributed by atoms with Crippen molar-refractivity contribution in [1.29, 1.82) is 0 Å².